The molecule has 265 valence electrons. The smallest absolute Gasteiger partial charge is 0.229 e. The standard InChI is InChI=1S/C43H45O6Si3/c1-28-8-18-34-37(26-28)41-36(20-21-43(48-41,30-10-14-32(44-4)15-11-30)31-12-16-33(45-5)17-13-31)40-39(34)35-19-9-29(2)27-38(35)42(40,3)46-22-23-47-51-24-25-52(7)49-50-6/h8-21,26-27H,22-25H2,1-7H3. The predicted molar refractivity (Wildman–Crippen MR) is 213 cm³/mol. The largest absolute Gasteiger partial charge is 0.497 e. The van der Waals surface area contributed by atoms with E-state index in [1.54, 1.807) is 14.2 Å². The van der Waals surface area contributed by atoms with Gasteiger partial charge in [0.05, 0.1) is 27.4 Å². The predicted octanol–water partition coefficient (Wildman–Crippen LogP) is 9.44. The third kappa shape index (κ3) is 6.59. The first-order chi connectivity index (χ1) is 25.2. The third-order valence-corrected chi connectivity index (χ3v) is 14.7. The van der Waals surface area contributed by atoms with Crippen molar-refractivity contribution in [1.82, 2.24) is 0 Å². The Morgan fingerprint density at radius 1 is 0.788 bits per heavy atom. The van der Waals surface area contributed by atoms with Gasteiger partial charge in [0.2, 0.25) is 19.5 Å². The molecule has 2 aliphatic rings. The molecule has 6 nitrogen and oxygen atoms in total. The van der Waals surface area contributed by atoms with Crippen molar-refractivity contribution in [2.24, 2.45) is 0 Å². The first-order valence-electron chi connectivity index (χ1n) is 17.8. The number of fused-ring (bicyclic) bond motifs is 8. The van der Waals surface area contributed by atoms with E-state index in [1.807, 2.05) is 24.3 Å². The van der Waals surface area contributed by atoms with Crippen molar-refractivity contribution >= 4 is 45.4 Å². The second-order valence-corrected chi connectivity index (χ2v) is 17.8. The summed E-state index contributed by atoms with van der Waals surface area (Å²) in [6.07, 6.45) is 4.46. The van der Waals surface area contributed by atoms with Gasteiger partial charge in [-0.05, 0) is 104 Å². The summed E-state index contributed by atoms with van der Waals surface area (Å²) in [5.41, 5.74) is 8.48. The van der Waals surface area contributed by atoms with E-state index in [4.69, 9.17) is 27.5 Å². The van der Waals surface area contributed by atoms with Crippen LogP contribution in [0.5, 0.6) is 17.2 Å². The van der Waals surface area contributed by atoms with Gasteiger partial charge >= 0.3 is 0 Å². The van der Waals surface area contributed by atoms with Gasteiger partial charge in [-0.3, -0.25) is 0 Å². The van der Waals surface area contributed by atoms with Crippen LogP contribution in [0.1, 0.15) is 45.9 Å². The Kier molecular flexibility index (Phi) is 10.6. The first kappa shape index (κ1) is 36.4. The van der Waals surface area contributed by atoms with Crippen molar-refractivity contribution in [3.8, 4) is 28.4 Å². The minimum absolute atomic E-state index is 0.440. The fourth-order valence-electron chi connectivity index (χ4n) is 7.63. The van der Waals surface area contributed by atoms with Crippen molar-refractivity contribution in [1.29, 1.82) is 0 Å². The van der Waals surface area contributed by atoms with Crippen LogP contribution in [0.15, 0.2) is 91.0 Å². The SMILES string of the molecule is COc1ccc(C2(c3ccc(OC)cc3)C=Cc3c4c(c5ccc(C)cc5c3O2)-c2ccc(C)cc2C4(C)OCCO[Si]CC[Si](C)O[Si]C)cc1. The number of hydrogen-bond acceptors (Lipinski definition) is 6. The average molecular weight is 742 g/mol. The van der Waals surface area contributed by atoms with Crippen molar-refractivity contribution in [2.75, 3.05) is 27.4 Å². The zero-order valence-corrected chi connectivity index (χ0v) is 34.0. The second kappa shape index (κ2) is 15.2. The van der Waals surface area contributed by atoms with Crippen LogP contribution < -0.4 is 14.2 Å². The monoisotopic (exact) mass is 741 g/mol. The maximum atomic E-state index is 7.50. The van der Waals surface area contributed by atoms with E-state index >= 15 is 0 Å². The Morgan fingerprint density at radius 2 is 1.44 bits per heavy atom. The van der Waals surface area contributed by atoms with E-state index in [2.05, 4.69) is 107 Å². The highest BCUT2D eigenvalue weighted by Gasteiger charge is 2.47. The molecule has 1 heterocycles. The van der Waals surface area contributed by atoms with Gasteiger partial charge in [-0.15, -0.1) is 0 Å². The molecule has 0 fully saturated rings. The van der Waals surface area contributed by atoms with Crippen LogP contribution >= 0.6 is 0 Å². The van der Waals surface area contributed by atoms with E-state index in [0.717, 1.165) is 62.4 Å². The first-order valence-corrected chi connectivity index (χ1v) is 22.4. The lowest BCUT2D eigenvalue weighted by Crippen LogP contribution is -2.35. The maximum Gasteiger partial charge on any atom is 0.229 e. The van der Waals surface area contributed by atoms with Crippen LogP contribution in [0.3, 0.4) is 0 Å². The van der Waals surface area contributed by atoms with Gasteiger partial charge in [0, 0.05) is 27.6 Å². The maximum absolute atomic E-state index is 7.50. The van der Waals surface area contributed by atoms with Crippen LogP contribution in [-0.2, 0) is 24.5 Å². The molecular weight excluding hydrogens is 697 g/mol. The van der Waals surface area contributed by atoms with Crippen LogP contribution in [0.2, 0.25) is 25.2 Å². The van der Waals surface area contributed by atoms with Crippen LogP contribution in [-0.4, -0.2) is 56.0 Å². The Hall–Kier alpha value is -3.97. The van der Waals surface area contributed by atoms with E-state index in [-0.39, 0.29) is 0 Å². The summed E-state index contributed by atoms with van der Waals surface area (Å²) in [6.45, 7) is 11.8. The zero-order chi connectivity index (χ0) is 36.5. The van der Waals surface area contributed by atoms with E-state index < -0.39 is 20.2 Å². The summed E-state index contributed by atoms with van der Waals surface area (Å²) in [4.78, 5) is 0. The van der Waals surface area contributed by atoms with E-state index in [1.165, 1.54) is 27.8 Å². The molecule has 0 bridgehead atoms. The lowest BCUT2D eigenvalue weighted by Gasteiger charge is -2.39. The number of hydrogen-bond donors (Lipinski definition) is 0. The summed E-state index contributed by atoms with van der Waals surface area (Å²) in [7, 11) is 3.65. The Balaban J connectivity index is 1.34. The second-order valence-electron chi connectivity index (χ2n) is 13.6. The lowest BCUT2D eigenvalue weighted by atomic mass is 9.80. The Bertz CT molecular complexity index is 2050. The average Bonchev–Trinajstić information content (AvgIpc) is 3.42. The molecule has 7 rings (SSSR count). The lowest BCUT2D eigenvalue weighted by molar-refractivity contribution is -0.0148. The third-order valence-electron chi connectivity index (χ3n) is 10.2. The van der Waals surface area contributed by atoms with Gasteiger partial charge in [-0.25, -0.2) is 0 Å². The molecule has 0 amide bonds. The van der Waals surface area contributed by atoms with Crippen molar-refractivity contribution in [2.45, 2.75) is 57.2 Å². The molecule has 0 saturated carbocycles. The van der Waals surface area contributed by atoms with Crippen LogP contribution in [0.25, 0.3) is 28.0 Å². The number of methoxy groups -OCH3 is 2. The number of ether oxygens (including phenoxy) is 4. The highest BCUT2D eigenvalue weighted by Crippen LogP contribution is 2.58. The topological polar surface area (TPSA) is 55.4 Å². The molecule has 5 radical (unpaired) electrons. The fraction of sp³-hybridized carbons (Fsp3) is 0.302. The van der Waals surface area contributed by atoms with Gasteiger partial charge in [0.1, 0.15) is 22.8 Å². The van der Waals surface area contributed by atoms with Gasteiger partial charge < -0.3 is 27.5 Å². The molecule has 1 unspecified atom stereocenters. The van der Waals surface area contributed by atoms with Gasteiger partial charge in [-0.1, -0.05) is 71.8 Å². The van der Waals surface area contributed by atoms with Crippen molar-refractivity contribution < 1.29 is 27.5 Å². The molecule has 5 aromatic rings. The van der Waals surface area contributed by atoms with E-state index in [9.17, 15) is 0 Å². The van der Waals surface area contributed by atoms with Crippen LogP contribution in [0, 0.1) is 13.8 Å². The summed E-state index contributed by atoms with van der Waals surface area (Å²) < 4.78 is 37.6. The van der Waals surface area contributed by atoms with Gasteiger partial charge in [0.15, 0.2) is 14.6 Å². The molecule has 0 N–H and O–H groups in total. The molecule has 1 atom stereocenters. The highest BCUT2D eigenvalue weighted by molar-refractivity contribution is 6.58. The van der Waals surface area contributed by atoms with Crippen LogP contribution in [0.4, 0.5) is 0 Å². The summed E-state index contributed by atoms with van der Waals surface area (Å²) in [6, 6.07) is 31.9. The summed E-state index contributed by atoms with van der Waals surface area (Å²) in [5.74, 6) is 2.43. The molecular formula is C43H45O6Si3. The van der Waals surface area contributed by atoms with Gasteiger partial charge in [-0.2, -0.15) is 0 Å². The minimum atomic E-state index is -0.910. The van der Waals surface area contributed by atoms with E-state index in [0.29, 0.717) is 32.7 Å². The Morgan fingerprint density at radius 3 is 2.10 bits per heavy atom. The quantitative estimate of drug-likeness (QED) is 0.0836. The molecule has 5 aromatic carbocycles. The highest BCUT2D eigenvalue weighted by atomic mass is 28.3. The molecule has 0 aromatic heterocycles. The molecule has 9 heteroatoms. The minimum Gasteiger partial charge on any atom is -0.497 e. The molecule has 1 aliphatic carbocycles. The zero-order valence-electron chi connectivity index (χ0n) is 31.0. The summed E-state index contributed by atoms with van der Waals surface area (Å²) in [5, 5.41) is 2.23. The number of rotatable bonds is 14. The van der Waals surface area contributed by atoms with Crippen molar-refractivity contribution in [3.63, 3.8) is 0 Å². The molecule has 1 aliphatic heterocycles. The number of benzene rings is 5. The fourth-order valence-corrected chi connectivity index (χ4v) is 11.6. The molecule has 0 saturated heterocycles. The molecule has 0 spiro atoms. The Labute approximate surface area is 314 Å². The van der Waals surface area contributed by atoms with Crippen molar-refractivity contribution in [3.05, 3.63) is 130 Å². The normalized spacial score (nSPS) is 16.8. The molecule has 52 heavy (non-hydrogen) atoms. The summed E-state index contributed by atoms with van der Waals surface area (Å²) >= 11 is 0. The van der Waals surface area contributed by atoms with Gasteiger partial charge in [0.25, 0.3) is 0 Å². The number of aryl methyl sites for hydroxylation is 2.